The number of hydrogen-bond donors (Lipinski definition) is 2. The van der Waals surface area contributed by atoms with E-state index in [1.807, 2.05) is 26.8 Å². The maximum Gasteiger partial charge on any atom is 0.237 e. The van der Waals surface area contributed by atoms with Gasteiger partial charge >= 0.3 is 0 Å². The molecule has 0 saturated heterocycles. The highest BCUT2D eigenvalue weighted by atomic mass is 35.5. The molecule has 0 radical (unpaired) electrons. The van der Waals surface area contributed by atoms with Gasteiger partial charge in [0.15, 0.2) is 0 Å². The number of nitrogens with two attached hydrogens (primary N) is 1. The zero-order valence-corrected chi connectivity index (χ0v) is 12.6. The molecule has 0 heterocycles. The minimum absolute atomic E-state index is 0. The Balaban J connectivity index is 0.00000324. The topological polar surface area (TPSA) is 55.1 Å². The van der Waals surface area contributed by atoms with Gasteiger partial charge in [0.2, 0.25) is 5.91 Å². The summed E-state index contributed by atoms with van der Waals surface area (Å²) in [6.45, 7) is 7.30. The van der Waals surface area contributed by atoms with Gasteiger partial charge in [-0.3, -0.25) is 4.79 Å². The molecule has 0 aliphatic heterocycles. The average Bonchev–Trinajstić information content (AvgIpc) is 2.31. The van der Waals surface area contributed by atoms with Crippen molar-refractivity contribution in [1.29, 1.82) is 0 Å². The maximum absolute atomic E-state index is 13.4. The SMILES string of the molecule is Cc1ccc(C(C)NC(=O)[C@H](N)C(C)C)cc1F.Cl. The van der Waals surface area contributed by atoms with E-state index < -0.39 is 6.04 Å². The van der Waals surface area contributed by atoms with Gasteiger partial charge in [0.25, 0.3) is 0 Å². The first-order chi connectivity index (χ1) is 8.32. The molecule has 5 heteroatoms. The molecule has 1 aromatic carbocycles. The van der Waals surface area contributed by atoms with E-state index in [0.717, 1.165) is 5.56 Å². The summed E-state index contributed by atoms with van der Waals surface area (Å²) in [7, 11) is 0. The van der Waals surface area contributed by atoms with E-state index in [0.29, 0.717) is 5.56 Å². The predicted octanol–water partition coefficient (Wildman–Crippen LogP) is 2.72. The Labute approximate surface area is 120 Å². The van der Waals surface area contributed by atoms with Crippen molar-refractivity contribution in [3.63, 3.8) is 0 Å². The van der Waals surface area contributed by atoms with E-state index >= 15 is 0 Å². The third-order valence-corrected chi connectivity index (χ3v) is 3.08. The van der Waals surface area contributed by atoms with Crippen LogP contribution in [0.1, 0.15) is 37.9 Å². The Hall–Kier alpha value is -1.13. The third kappa shape index (κ3) is 4.80. The molecule has 0 spiro atoms. The van der Waals surface area contributed by atoms with Crippen LogP contribution in [0.25, 0.3) is 0 Å². The lowest BCUT2D eigenvalue weighted by atomic mass is 10.0. The molecule has 1 unspecified atom stereocenters. The molecule has 3 nitrogen and oxygen atoms in total. The summed E-state index contributed by atoms with van der Waals surface area (Å²) in [5, 5.41) is 2.79. The highest BCUT2D eigenvalue weighted by molar-refractivity contribution is 5.85. The van der Waals surface area contributed by atoms with Crippen LogP contribution in [0.5, 0.6) is 0 Å². The van der Waals surface area contributed by atoms with Gasteiger partial charge in [-0.2, -0.15) is 0 Å². The van der Waals surface area contributed by atoms with Crippen molar-refractivity contribution in [2.75, 3.05) is 0 Å². The van der Waals surface area contributed by atoms with Crippen molar-refractivity contribution in [2.45, 2.75) is 39.8 Å². The fourth-order valence-electron chi connectivity index (χ4n) is 1.57. The predicted molar refractivity (Wildman–Crippen MR) is 77.8 cm³/mol. The van der Waals surface area contributed by atoms with Crippen LogP contribution in [0, 0.1) is 18.7 Å². The molecule has 108 valence electrons. The molecule has 0 aliphatic carbocycles. The highest BCUT2D eigenvalue weighted by Crippen LogP contribution is 2.16. The number of rotatable bonds is 4. The first-order valence-corrected chi connectivity index (χ1v) is 6.15. The second kappa shape index (κ2) is 7.46. The second-order valence-corrected chi connectivity index (χ2v) is 5.01. The summed E-state index contributed by atoms with van der Waals surface area (Å²) in [6.07, 6.45) is 0. The molecule has 2 atom stereocenters. The van der Waals surface area contributed by atoms with Crippen molar-refractivity contribution in [3.05, 3.63) is 35.1 Å². The fourth-order valence-corrected chi connectivity index (χ4v) is 1.57. The molecule has 1 amide bonds. The molecule has 3 N–H and O–H groups in total. The van der Waals surface area contributed by atoms with E-state index in [4.69, 9.17) is 5.73 Å². The van der Waals surface area contributed by atoms with Crippen molar-refractivity contribution in [3.8, 4) is 0 Å². The number of aryl methyl sites for hydroxylation is 1. The van der Waals surface area contributed by atoms with Crippen LogP contribution >= 0.6 is 12.4 Å². The molecular weight excluding hydrogens is 267 g/mol. The third-order valence-electron chi connectivity index (χ3n) is 3.08. The normalized spacial score (nSPS) is 13.6. The number of amides is 1. The summed E-state index contributed by atoms with van der Waals surface area (Å²) in [5.74, 6) is -0.396. The van der Waals surface area contributed by atoms with Crippen LogP contribution in [-0.2, 0) is 4.79 Å². The zero-order valence-electron chi connectivity index (χ0n) is 11.7. The number of carbonyl (C=O) groups excluding carboxylic acids is 1. The van der Waals surface area contributed by atoms with Crippen LogP contribution in [0.2, 0.25) is 0 Å². The Morgan fingerprint density at radius 1 is 1.32 bits per heavy atom. The average molecular weight is 289 g/mol. The Morgan fingerprint density at radius 3 is 2.37 bits per heavy atom. The monoisotopic (exact) mass is 288 g/mol. The molecular formula is C14H22ClFN2O. The molecule has 1 rings (SSSR count). The number of halogens is 2. The summed E-state index contributed by atoms with van der Waals surface area (Å²) >= 11 is 0. The van der Waals surface area contributed by atoms with Crippen molar-refractivity contribution < 1.29 is 9.18 Å². The Bertz CT molecular complexity index is 437. The quantitative estimate of drug-likeness (QED) is 0.895. The fraction of sp³-hybridized carbons (Fsp3) is 0.500. The van der Waals surface area contributed by atoms with Gasteiger partial charge in [0, 0.05) is 0 Å². The molecule has 1 aromatic rings. The van der Waals surface area contributed by atoms with Crippen molar-refractivity contribution >= 4 is 18.3 Å². The summed E-state index contributed by atoms with van der Waals surface area (Å²) < 4.78 is 13.4. The summed E-state index contributed by atoms with van der Waals surface area (Å²) in [6, 6.07) is 4.17. The van der Waals surface area contributed by atoms with E-state index in [2.05, 4.69) is 5.32 Å². The second-order valence-electron chi connectivity index (χ2n) is 5.01. The van der Waals surface area contributed by atoms with Gasteiger partial charge in [0.05, 0.1) is 12.1 Å². The van der Waals surface area contributed by atoms with Gasteiger partial charge in [-0.05, 0) is 37.0 Å². The molecule has 0 aliphatic rings. The lowest BCUT2D eigenvalue weighted by Gasteiger charge is -2.20. The van der Waals surface area contributed by atoms with E-state index in [9.17, 15) is 9.18 Å². The molecule has 0 fully saturated rings. The molecule has 0 aromatic heterocycles. The van der Waals surface area contributed by atoms with E-state index in [-0.39, 0.29) is 36.1 Å². The first-order valence-electron chi connectivity index (χ1n) is 6.15. The lowest BCUT2D eigenvalue weighted by Crippen LogP contribution is -2.44. The maximum atomic E-state index is 13.4. The lowest BCUT2D eigenvalue weighted by molar-refractivity contribution is -0.123. The van der Waals surface area contributed by atoms with Gasteiger partial charge in [0.1, 0.15) is 5.82 Å². The smallest absolute Gasteiger partial charge is 0.237 e. The largest absolute Gasteiger partial charge is 0.348 e. The zero-order chi connectivity index (χ0) is 13.9. The minimum Gasteiger partial charge on any atom is -0.348 e. The van der Waals surface area contributed by atoms with Crippen molar-refractivity contribution in [2.24, 2.45) is 11.7 Å². The van der Waals surface area contributed by atoms with Crippen LogP contribution in [-0.4, -0.2) is 11.9 Å². The standard InChI is InChI=1S/C14H21FN2O.ClH/c1-8(2)13(16)14(18)17-10(4)11-6-5-9(3)12(15)7-11;/h5-8,10,13H,16H2,1-4H3,(H,17,18);1H/t10?,13-;/m1./s1. The van der Waals surface area contributed by atoms with Gasteiger partial charge in [-0.25, -0.2) is 4.39 Å². The van der Waals surface area contributed by atoms with Gasteiger partial charge in [-0.1, -0.05) is 26.0 Å². The number of nitrogens with one attached hydrogen (secondary N) is 1. The highest BCUT2D eigenvalue weighted by Gasteiger charge is 2.19. The van der Waals surface area contributed by atoms with Crippen LogP contribution in [0.15, 0.2) is 18.2 Å². The van der Waals surface area contributed by atoms with E-state index in [1.165, 1.54) is 6.07 Å². The first kappa shape index (κ1) is 17.9. The van der Waals surface area contributed by atoms with Crippen molar-refractivity contribution in [1.82, 2.24) is 5.32 Å². The van der Waals surface area contributed by atoms with Crippen LogP contribution in [0.4, 0.5) is 4.39 Å². The number of carbonyl (C=O) groups is 1. The molecule has 0 saturated carbocycles. The number of benzene rings is 1. The Kier molecular flexibility index (Phi) is 7.01. The van der Waals surface area contributed by atoms with Gasteiger partial charge < -0.3 is 11.1 Å². The summed E-state index contributed by atoms with van der Waals surface area (Å²) in [4.78, 5) is 11.8. The minimum atomic E-state index is -0.539. The number of hydrogen-bond acceptors (Lipinski definition) is 2. The Morgan fingerprint density at radius 2 is 1.89 bits per heavy atom. The van der Waals surface area contributed by atoms with Crippen LogP contribution < -0.4 is 11.1 Å². The molecule has 0 bridgehead atoms. The van der Waals surface area contributed by atoms with E-state index in [1.54, 1.807) is 13.0 Å². The van der Waals surface area contributed by atoms with Gasteiger partial charge in [-0.15, -0.1) is 12.4 Å². The van der Waals surface area contributed by atoms with Crippen LogP contribution in [0.3, 0.4) is 0 Å². The summed E-state index contributed by atoms with van der Waals surface area (Å²) in [5.41, 5.74) is 7.09. The molecule has 19 heavy (non-hydrogen) atoms.